The highest BCUT2D eigenvalue weighted by Gasteiger charge is 2.14. The molecule has 1 saturated carbocycles. The topological polar surface area (TPSA) is 79.9 Å². The van der Waals surface area contributed by atoms with Gasteiger partial charge in [-0.3, -0.25) is 9.78 Å². The molecular formula is C17H22N4O2. The Morgan fingerprint density at radius 2 is 1.78 bits per heavy atom. The van der Waals surface area contributed by atoms with Gasteiger partial charge >= 0.3 is 0 Å². The van der Waals surface area contributed by atoms with Gasteiger partial charge in [0.05, 0.1) is 7.11 Å². The number of anilines is 1. The molecule has 1 aromatic heterocycles. The predicted octanol–water partition coefficient (Wildman–Crippen LogP) is 2.98. The van der Waals surface area contributed by atoms with Crippen LogP contribution in [0.15, 0.2) is 29.1 Å². The number of aromatic nitrogens is 3. The van der Waals surface area contributed by atoms with E-state index in [1.807, 2.05) is 0 Å². The average molecular weight is 314 g/mol. The monoisotopic (exact) mass is 314 g/mol. The maximum Gasteiger partial charge on any atom is 0.279 e. The van der Waals surface area contributed by atoms with Crippen LogP contribution in [0.1, 0.15) is 38.5 Å². The Balaban J connectivity index is 1.75. The van der Waals surface area contributed by atoms with Gasteiger partial charge in [-0.15, -0.1) is 10.2 Å². The van der Waals surface area contributed by atoms with Gasteiger partial charge in [0.25, 0.3) is 5.56 Å². The lowest BCUT2D eigenvalue weighted by Gasteiger charge is -2.15. The third-order valence-electron chi connectivity index (χ3n) is 4.26. The van der Waals surface area contributed by atoms with Gasteiger partial charge in [-0.2, -0.15) is 0 Å². The Morgan fingerprint density at radius 1 is 1.09 bits per heavy atom. The van der Waals surface area contributed by atoms with Crippen LogP contribution in [0.4, 0.5) is 5.95 Å². The van der Waals surface area contributed by atoms with Crippen molar-refractivity contribution in [3.63, 3.8) is 0 Å². The highest BCUT2D eigenvalue weighted by atomic mass is 16.5. The number of hydrogen-bond acceptors (Lipinski definition) is 5. The van der Waals surface area contributed by atoms with Crippen LogP contribution in [-0.2, 0) is 0 Å². The molecule has 1 heterocycles. The molecule has 6 nitrogen and oxygen atoms in total. The Labute approximate surface area is 135 Å². The fourth-order valence-electron chi connectivity index (χ4n) is 2.96. The van der Waals surface area contributed by atoms with Crippen LogP contribution in [0.2, 0.25) is 0 Å². The number of H-pyrrole nitrogens is 1. The van der Waals surface area contributed by atoms with E-state index in [0.29, 0.717) is 17.7 Å². The molecule has 2 N–H and O–H groups in total. The van der Waals surface area contributed by atoms with Crippen molar-refractivity contribution in [3.8, 4) is 17.0 Å². The van der Waals surface area contributed by atoms with Crippen LogP contribution in [0.25, 0.3) is 11.3 Å². The first kappa shape index (κ1) is 15.5. The molecule has 1 aliphatic rings. The number of methoxy groups -OCH3 is 1. The van der Waals surface area contributed by atoms with Crippen LogP contribution in [0.5, 0.6) is 5.75 Å². The Hall–Kier alpha value is -2.37. The van der Waals surface area contributed by atoms with Crippen molar-refractivity contribution < 1.29 is 4.74 Å². The number of hydrogen-bond donors (Lipinski definition) is 2. The molecule has 0 amide bonds. The molecule has 0 spiro atoms. The largest absolute Gasteiger partial charge is 0.497 e. The van der Waals surface area contributed by atoms with E-state index >= 15 is 0 Å². The van der Waals surface area contributed by atoms with E-state index in [-0.39, 0.29) is 5.56 Å². The SMILES string of the molecule is COc1ccc(-c2nnc(NC3CCCCCC3)[nH]c2=O)cc1. The van der Waals surface area contributed by atoms with E-state index < -0.39 is 0 Å². The molecule has 0 bridgehead atoms. The summed E-state index contributed by atoms with van der Waals surface area (Å²) in [6, 6.07) is 7.57. The van der Waals surface area contributed by atoms with Gasteiger partial charge in [0, 0.05) is 11.6 Å². The van der Waals surface area contributed by atoms with Crippen molar-refractivity contribution >= 4 is 5.95 Å². The second kappa shape index (κ2) is 7.26. The van der Waals surface area contributed by atoms with Gasteiger partial charge in [-0.25, -0.2) is 0 Å². The van der Waals surface area contributed by atoms with Gasteiger partial charge in [0.2, 0.25) is 5.95 Å². The van der Waals surface area contributed by atoms with Gasteiger partial charge in [-0.1, -0.05) is 25.7 Å². The maximum atomic E-state index is 12.3. The molecule has 0 radical (unpaired) electrons. The maximum absolute atomic E-state index is 12.3. The van der Waals surface area contributed by atoms with E-state index in [1.165, 1.54) is 25.7 Å². The molecule has 0 unspecified atom stereocenters. The Kier molecular flexibility index (Phi) is 4.90. The highest BCUT2D eigenvalue weighted by molar-refractivity contribution is 5.58. The van der Waals surface area contributed by atoms with Crippen LogP contribution in [0.3, 0.4) is 0 Å². The summed E-state index contributed by atoms with van der Waals surface area (Å²) < 4.78 is 5.12. The van der Waals surface area contributed by atoms with E-state index in [0.717, 1.165) is 24.2 Å². The minimum Gasteiger partial charge on any atom is -0.497 e. The molecule has 1 aliphatic carbocycles. The highest BCUT2D eigenvalue weighted by Crippen LogP contribution is 2.20. The third kappa shape index (κ3) is 3.88. The zero-order chi connectivity index (χ0) is 16.1. The molecule has 6 heteroatoms. The summed E-state index contributed by atoms with van der Waals surface area (Å²) in [7, 11) is 1.61. The van der Waals surface area contributed by atoms with Crippen molar-refractivity contribution in [2.45, 2.75) is 44.6 Å². The van der Waals surface area contributed by atoms with Gasteiger partial charge in [0.1, 0.15) is 5.75 Å². The molecule has 2 aromatic rings. The third-order valence-corrected chi connectivity index (χ3v) is 4.26. The van der Waals surface area contributed by atoms with Gasteiger partial charge < -0.3 is 10.1 Å². The van der Waals surface area contributed by atoms with Crippen molar-refractivity contribution in [2.24, 2.45) is 0 Å². The van der Waals surface area contributed by atoms with E-state index in [9.17, 15) is 4.79 Å². The standard InChI is InChI=1S/C17H22N4O2/c1-23-14-10-8-12(9-11-14)15-16(22)19-17(21-20-15)18-13-6-4-2-3-5-7-13/h8-11,13H,2-7H2,1H3,(H2,18,19,21,22). The molecular weight excluding hydrogens is 292 g/mol. The molecule has 1 aromatic carbocycles. The van der Waals surface area contributed by atoms with E-state index in [1.54, 1.807) is 31.4 Å². The summed E-state index contributed by atoms with van der Waals surface area (Å²) >= 11 is 0. The van der Waals surface area contributed by atoms with Crippen LogP contribution in [0, 0.1) is 0 Å². The molecule has 3 rings (SSSR count). The minimum atomic E-state index is -0.235. The first-order chi connectivity index (χ1) is 11.3. The Bertz CT molecular complexity index is 688. The lowest BCUT2D eigenvalue weighted by molar-refractivity contribution is 0.415. The molecule has 23 heavy (non-hydrogen) atoms. The lowest BCUT2D eigenvalue weighted by Crippen LogP contribution is -2.23. The van der Waals surface area contributed by atoms with Crippen LogP contribution < -0.4 is 15.6 Å². The lowest BCUT2D eigenvalue weighted by atomic mass is 10.1. The number of nitrogens with one attached hydrogen (secondary N) is 2. The van der Waals surface area contributed by atoms with Crippen LogP contribution in [-0.4, -0.2) is 28.3 Å². The molecule has 1 fully saturated rings. The molecule has 0 aliphatic heterocycles. The second-order valence-electron chi connectivity index (χ2n) is 5.91. The first-order valence-corrected chi connectivity index (χ1v) is 8.14. The number of rotatable bonds is 4. The van der Waals surface area contributed by atoms with E-state index in [4.69, 9.17) is 4.74 Å². The fourth-order valence-corrected chi connectivity index (χ4v) is 2.96. The normalized spacial score (nSPS) is 15.9. The zero-order valence-electron chi connectivity index (χ0n) is 13.3. The number of ether oxygens (including phenoxy) is 1. The predicted molar refractivity (Wildman–Crippen MR) is 89.8 cm³/mol. The zero-order valence-corrected chi connectivity index (χ0v) is 13.3. The minimum absolute atomic E-state index is 0.235. The fraction of sp³-hybridized carbons (Fsp3) is 0.471. The smallest absolute Gasteiger partial charge is 0.279 e. The summed E-state index contributed by atoms with van der Waals surface area (Å²) in [4.78, 5) is 15.1. The summed E-state index contributed by atoms with van der Waals surface area (Å²) in [5, 5.41) is 11.5. The van der Waals surface area contributed by atoms with E-state index in [2.05, 4.69) is 20.5 Å². The Morgan fingerprint density at radius 3 is 2.39 bits per heavy atom. The summed E-state index contributed by atoms with van der Waals surface area (Å²) in [6.45, 7) is 0. The van der Waals surface area contributed by atoms with Crippen molar-refractivity contribution in [3.05, 3.63) is 34.6 Å². The van der Waals surface area contributed by atoms with Crippen molar-refractivity contribution in [2.75, 3.05) is 12.4 Å². The van der Waals surface area contributed by atoms with Crippen molar-refractivity contribution in [1.29, 1.82) is 0 Å². The van der Waals surface area contributed by atoms with Crippen molar-refractivity contribution in [1.82, 2.24) is 15.2 Å². The number of benzene rings is 1. The van der Waals surface area contributed by atoms with Gasteiger partial charge in [-0.05, 0) is 37.1 Å². The summed E-state index contributed by atoms with van der Waals surface area (Å²) in [5.41, 5.74) is 0.806. The van der Waals surface area contributed by atoms with Gasteiger partial charge in [0.15, 0.2) is 5.69 Å². The molecule has 0 atom stereocenters. The van der Waals surface area contributed by atoms with Crippen LogP contribution >= 0.6 is 0 Å². The second-order valence-corrected chi connectivity index (χ2v) is 5.91. The first-order valence-electron chi connectivity index (χ1n) is 8.14. The molecule has 122 valence electrons. The number of aromatic amines is 1. The summed E-state index contributed by atoms with van der Waals surface area (Å²) in [6.07, 6.45) is 7.25. The quantitative estimate of drug-likeness (QED) is 0.848. The number of nitrogens with zero attached hydrogens (tertiary/aromatic N) is 2. The summed E-state index contributed by atoms with van der Waals surface area (Å²) in [5.74, 6) is 1.20. The average Bonchev–Trinajstić information content (AvgIpc) is 2.84. The molecule has 0 saturated heterocycles.